The summed E-state index contributed by atoms with van der Waals surface area (Å²) < 4.78 is 46.0. The van der Waals surface area contributed by atoms with Gasteiger partial charge in [-0.15, -0.1) is 0 Å². The Morgan fingerprint density at radius 2 is 2.03 bits per heavy atom. The third-order valence-electron chi connectivity index (χ3n) is 5.26. The van der Waals surface area contributed by atoms with Crippen molar-refractivity contribution >= 4 is 23.3 Å². The maximum absolute atomic E-state index is 13.3. The molecule has 0 radical (unpaired) electrons. The van der Waals surface area contributed by atoms with Crippen LogP contribution in [0.4, 0.5) is 19.0 Å². The van der Waals surface area contributed by atoms with E-state index in [0.29, 0.717) is 29.4 Å². The third-order valence-corrected chi connectivity index (χ3v) is 5.49. The van der Waals surface area contributed by atoms with Crippen LogP contribution >= 0.6 is 11.6 Å². The molecule has 1 unspecified atom stereocenters. The predicted octanol–water partition coefficient (Wildman–Crippen LogP) is 4.44. The number of rotatable bonds is 9. The molecule has 1 aromatic carbocycles. The van der Waals surface area contributed by atoms with Gasteiger partial charge in [0, 0.05) is 31.9 Å². The van der Waals surface area contributed by atoms with Gasteiger partial charge in [0.1, 0.15) is 5.82 Å². The average Bonchev–Trinajstić information content (AvgIpc) is 3.25. The number of carbonyl (C=O) groups excluding carboxylic acids is 1. The van der Waals surface area contributed by atoms with E-state index in [1.165, 1.54) is 6.07 Å². The molecule has 0 bridgehead atoms. The van der Waals surface area contributed by atoms with Crippen LogP contribution in [0.2, 0.25) is 5.02 Å². The molecular formula is C23H25ClF3N5O2. The Labute approximate surface area is 200 Å². The molecule has 0 aliphatic heterocycles. The van der Waals surface area contributed by atoms with E-state index in [4.69, 9.17) is 16.3 Å². The second-order valence-electron chi connectivity index (χ2n) is 7.71. The molecule has 0 spiro atoms. The van der Waals surface area contributed by atoms with Crippen molar-refractivity contribution in [2.24, 2.45) is 0 Å². The van der Waals surface area contributed by atoms with Crippen molar-refractivity contribution in [2.75, 3.05) is 32.2 Å². The van der Waals surface area contributed by atoms with Gasteiger partial charge in [-0.3, -0.25) is 4.79 Å². The number of alkyl halides is 3. The fourth-order valence-electron chi connectivity index (χ4n) is 3.22. The molecule has 0 saturated heterocycles. The molecule has 3 rings (SSSR count). The molecule has 3 aromatic rings. The Hall–Kier alpha value is -3.11. The van der Waals surface area contributed by atoms with Crippen molar-refractivity contribution in [3.05, 3.63) is 70.6 Å². The highest BCUT2D eigenvalue weighted by atomic mass is 35.5. The number of anilines is 1. The van der Waals surface area contributed by atoms with Crippen LogP contribution in [-0.2, 0) is 22.3 Å². The summed E-state index contributed by atoms with van der Waals surface area (Å²) in [7, 11) is 3.51. The van der Waals surface area contributed by atoms with Gasteiger partial charge in [0.2, 0.25) is 5.91 Å². The summed E-state index contributed by atoms with van der Waals surface area (Å²) in [6, 6.07) is 10.8. The quantitative estimate of drug-likeness (QED) is 0.475. The lowest BCUT2D eigenvalue weighted by atomic mass is 10.0. The Bertz CT molecular complexity index is 1120. The minimum absolute atomic E-state index is 0.149. The standard InChI is InChI=1S/C23H25ClF3N5O2/c1-15(16-7-8-21(28-13-16)31(2)9-10-34-3)22(33)29-14-19-12-20(23(25,26)27)30-32(19)18-6-4-5-17(24)11-18/h4-8,11-13,15H,9-10,14H2,1-3H3,(H,29,33). The summed E-state index contributed by atoms with van der Waals surface area (Å²) in [5, 5.41) is 6.73. The number of aromatic nitrogens is 3. The minimum Gasteiger partial charge on any atom is -0.383 e. The number of amides is 1. The van der Waals surface area contributed by atoms with Crippen LogP contribution in [0.25, 0.3) is 5.69 Å². The monoisotopic (exact) mass is 495 g/mol. The van der Waals surface area contributed by atoms with Crippen LogP contribution in [0.1, 0.15) is 29.8 Å². The number of carbonyl (C=O) groups is 1. The maximum Gasteiger partial charge on any atom is 0.435 e. The predicted molar refractivity (Wildman–Crippen MR) is 123 cm³/mol. The van der Waals surface area contributed by atoms with Crippen LogP contribution < -0.4 is 10.2 Å². The molecule has 7 nitrogen and oxygen atoms in total. The number of pyridine rings is 1. The van der Waals surface area contributed by atoms with E-state index in [-0.39, 0.29) is 18.1 Å². The van der Waals surface area contributed by atoms with E-state index in [1.807, 2.05) is 11.9 Å². The fourth-order valence-corrected chi connectivity index (χ4v) is 3.40. The van der Waals surface area contributed by atoms with Crippen molar-refractivity contribution in [2.45, 2.75) is 25.6 Å². The van der Waals surface area contributed by atoms with Crippen molar-refractivity contribution in [3.8, 4) is 5.69 Å². The van der Waals surface area contributed by atoms with E-state index in [2.05, 4.69) is 15.4 Å². The third kappa shape index (κ3) is 6.27. The highest BCUT2D eigenvalue weighted by Crippen LogP contribution is 2.30. The first kappa shape index (κ1) is 25.5. The lowest BCUT2D eigenvalue weighted by molar-refractivity contribution is -0.141. The Kier molecular flexibility index (Phi) is 8.16. The van der Waals surface area contributed by atoms with Gasteiger partial charge in [-0.25, -0.2) is 9.67 Å². The summed E-state index contributed by atoms with van der Waals surface area (Å²) >= 11 is 5.99. The number of likely N-dealkylation sites (N-methyl/N-ethyl adjacent to an activating group) is 1. The number of ether oxygens (including phenoxy) is 1. The maximum atomic E-state index is 13.3. The normalized spacial score (nSPS) is 12.4. The first-order valence-corrected chi connectivity index (χ1v) is 10.8. The Morgan fingerprint density at radius 1 is 1.26 bits per heavy atom. The molecule has 0 aliphatic carbocycles. The summed E-state index contributed by atoms with van der Waals surface area (Å²) in [5.41, 5.74) is 0.156. The van der Waals surface area contributed by atoms with Gasteiger partial charge in [0.05, 0.1) is 30.5 Å². The zero-order chi connectivity index (χ0) is 24.9. The molecule has 0 aliphatic rings. The van der Waals surface area contributed by atoms with Gasteiger partial charge in [-0.1, -0.05) is 23.7 Å². The number of methoxy groups -OCH3 is 1. The second-order valence-corrected chi connectivity index (χ2v) is 8.15. The highest BCUT2D eigenvalue weighted by molar-refractivity contribution is 6.30. The largest absolute Gasteiger partial charge is 0.435 e. The van der Waals surface area contributed by atoms with E-state index < -0.39 is 17.8 Å². The molecule has 2 heterocycles. The smallest absolute Gasteiger partial charge is 0.383 e. The fraction of sp³-hybridized carbons (Fsp3) is 0.348. The molecule has 1 amide bonds. The van der Waals surface area contributed by atoms with Crippen molar-refractivity contribution in [1.82, 2.24) is 20.1 Å². The van der Waals surface area contributed by atoms with E-state index in [9.17, 15) is 18.0 Å². The number of hydrogen-bond acceptors (Lipinski definition) is 5. The van der Waals surface area contributed by atoms with Gasteiger partial charge in [-0.05, 0) is 42.8 Å². The summed E-state index contributed by atoms with van der Waals surface area (Å²) in [4.78, 5) is 19.1. The number of nitrogens with zero attached hydrogens (tertiary/aromatic N) is 4. The molecule has 182 valence electrons. The van der Waals surface area contributed by atoms with Crippen LogP contribution in [0.5, 0.6) is 0 Å². The first-order chi connectivity index (χ1) is 16.1. The minimum atomic E-state index is -4.63. The summed E-state index contributed by atoms with van der Waals surface area (Å²) in [6.45, 7) is 2.78. The lowest BCUT2D eigenvalue weighted by Crippen LogP contribution is -2.28. The van der Waals surface area contributed by atoms with Crippen LogP contribution in [0, 0.1) is 0 Å². The molecule has 2 aromatic heterocycles. The number of hydrogen-bond donors (Lipinski definition) is 1. The number of benzene rings is 1. The molecular weight excluding hydrogens is 471 g/mol. The molecule has 0 saturated carbocycles. The van der Waals surface area contributed by atoms with E-state index >= 15 is 0 Å². The van der Waals surface area contributed by atoms with Crippen LogP contribution in [0.3, 0.4) is 0 Å². The van der Waals surface area contributed by atoms with Crippen LogP contribution in [0.15, 0.2) is 48.7 Å². The molecule has 1 N–H and O–H groups in total. The van der Waals surface area contributed by atoms with E-state index in [1.54, 1.807) is 50.6 Å². The van der Waals surface area contributed by atoms with Gasteiger partial charge in [-0.2, -0.15) is 18.3 Å². The molecule has 34 heavy (non-hydrogen) atoms. The zero-order valence-corrected chi connectivity index (χ0v) is 19.7. The SMILES string of the molecule is COCCN(C)c1ccc(C(C)C(=O)NCc2cc(C(F)(F)F)nn2-c2cccc(Cl)c2)cn1. The van der Waals surface area contributed by atoms with Crippen molar-refractivity contribution in [1.29, 1.82) is 0 Å². The van der Waals surface area contributed by atoms with Gasteiger partial charge in [0.25, 0.3) is 0 Å². The number of nitrogens with one attached hydrogen (secondary N) is 1. The topological polar surface area (TPSA) is 72.3 Å². The molecule has 1 atom stereocenters. The van der Waals surface area contributed by atoms with Crippen LogP contribution in [-0.4, -0.2) is 48.0 Å². The Balaban J connectivity index is 1.73. The summed E-state index contributed by atoms with van der Waals surface area (Å²) in [5.74, 6) is -0.177. The molecule has 0 fully saturated rings. The van der Waals surface area contributed by atoms with Gasteiger partial charge < -0.3 is 15.0 Å². The zero-order valence-electron chi connectivity index (χ0n) is 18.9. The Morgan fingerprint density at radius 3 is 2.65 bits per heavy atom. The second kappa shape index (κ2) is 10.9. The number of halogens is 4. The van der Waals surface area contributed by atoms with Gasteiger partial charge in [0.15, 0.2) is 5.69 Å². The van der Waals surface area contributed by atoms with E-state index in [0.717, 1.165) is 16.6 Å². The van der Waals surface area contributed by atoms with Gasteiger partial charge >= 0.3 is 6.18 Å². The highest BCUT2D eigenvalue weighted by Gasteiger charge is 2.35. The first-order valence-electron chi connectivity index (χ1n) is 10.5. The molecule has 11 heteroatoms. The lowest BCUT2D eigenvalue weighted by Gasteiger charge is -2.18. The van der Waals surface area contributed by atoms with Crippen molar-refractivity contribution in [3.63, 3.8) is 0 Å². The average molecular weight is 496 g/mol. The summed E-state index contributed by atoms with van der Waals surface area (Å²) in [6.07, 6.45) is -3.01. The van der Waals surface area contributed by atoms with Crippen molar-refractivity contribution < 1.29 is 22.7 Å².